The number of amides is 1. The lowest BCUT2D eigenvalue weighted by molar-refractivity contribution is 0.170. The van der Waals surface area contributed by atoms with Gasteiger partial charge in [0.05, 0.1) is 7.11 Å². The van der Waals surface area contributed by atoms with Crippen molar-refractivity contribution in [2.75, 3.05) is 7.11 Å². The number of hydrogen-bond acceptors (Lipinski definition) is 3. The van der Waals surface area contributed by atoms with Crippen LogP contribution in [0.25, 0.3) is 0 Å². The quantitative estimate of drug-likeness (QED) is 0.710. The van der Waals surface area contributed by atoms with Crippen molar-refractivity contribution in [1.82, 2.24) is 5.32 Å². The fourth-order valence-electron chi connectivity index (χ4n) is 0.860. The van der Waals surface area contributed by atoms with Gasteiger partial charge < -0.3 is 10.1 Å². The van der Waals surface area contributed by atoms with E-state index in [4.69, 9.17) is 0 Å². The summed E-state index contributed by atoms with van der Waals surface area (Å²) in [6, 6.07) is 7.55. The molecule has 0 saturated carbocycles. The van der Waals surface area contributed by atoms with Crippen LogP contribution in [0.2, 0.25) is 0 Å². The topological polar surface area (TPSA) is 38.3 Å². The fraction of sp³-hybridized carbons (Fsp3) is 0.222. The first-order valence-electron chi connectivity index (χ1n) is 3.82. The van der Waals surface area contributed by atoms with Crippen LogP contribution < -0.4 is 5.32 Å². The lowest BCUT2D eigenvalue weighted by Crippen LogP contribution is -2.22. The van der Waals surface area contributed by atoms with Gasteiger partial charge in [-0.3, -0.25) is 0 Å². The summed E-state index contributed by atoms with van der Waals surface area (Å²) in [4.78, 5) is 11.6. The third-order valence-electron chi connectivity index (χ3n) is 1.56. The van der Waals surface area contributed by atoms with Gasteiger partial charge in [-0.2, -0.15) is 0 Å². The molecule has 0 aromatic heterocycles. The maximum atomic E-state index is 10.7. The monoisotopic (exact) mass is 197 g/mol. The Morgan fingerprint density at radius 3 is 2.62 bits per heavy atom. The van der Waals surface area contributed by atoms with Crippen molar-refractivity contribution in [2.24, 2.45) is 0 Å². The van der Waals surface area contributed by atoms with E-state index in [1.54, 1.807) is 0 Å². The van der Waals surface area contributed by atoms with Crippen LogP contribution in [-0.2, 0) is 11.3 Å². The molecule has 0 radical (unpaired) electrons. The van der Waals surface area contributed by atoms with Gasteiger partial charge in [-0.1, -0.05) is 12.1 Å². The lowest BCUT2D eigenvalue weighted by Gasteiger charge is -2.03. The van der Waals surface area contributed by atoms with Crippen LogP contribution in [0.4, 0.5) is 4.79 Å². The van der Waals surface area contributed by atoms with Crippen LogP contribution in [-0.4, -0.2) is 13.2 Å². The van der Waals surface area contributed by atoms with Crippen molar-refractivity contribution in [1.29, 1.82) is 0 Å². The van der Waals surface area contributed by atoms with Crippen molar-refractivity contribution in [3.05, 3.63) is 29.8 Å². The van der Waals surface area contributed by atoms with Gasteiger partial charge in [0.25, 0.3) is 0 Å². The second kappa shape index (κ2) is 4.77. The molecule has 0 atom stereocenters. The summed E-state index contributed by atoms with van der Waals surface area (Å²) in [5.74, 6) is 0. The van der Waals surface area contributed by atoms with E-state index in [0.29, 0.717) is 6.54 Å². The Kier molecular flexibility index (Phi) is 3.64. The zero-order chi connectivity index (χ0) is 9.68. The summed E-state index contributed by atoms with van der Waals surface area (Å²) in [5, 5.41) is 2.58. The maximum Gasteiger partial charge on any atom is 0.407 e. The molecule has 0 heterocycles. The number of methoxy groups -OCH3 is 1. The Labute approximate surface area is 82.5 Å². The maximum absolute atomic E-state index is 10.7. The summed E-state index contributed by atoms with van der Waals surface area (Å²) in [5.41, 5.74) is 1.02. The minimum Gasteiger partial charge on any atom is -0.453 e. The highest BCUT2D eigenvalue weighted by Gasteiger charge is 1.97. The van der Waals surface area contributed by atoms with Crippen molar-refractivity contribution >= 4 is 18.7 Å². The van der Waals surface area contributed by atoms with Gasteiger partial charge in [0, 0.05) is 11.4 Å². The van der Waals surface area contributed by atoms with Gasteiger partial charge in [0.2, 0.25) is 0 Å². The average Bonchev–Trinajstić information content (AvgIpc) is 2.16. The number of carbonyl (C=O) groups is 1. The zero-order valence-corrected chi connectivity index (χ0v) is 8.17. The Morgan fingerprint density at radius 1 is 1.46 bits per heavy atom. The summed E-state index contributed by atoms with van der Waals surface area (Å²) in [6.45, 7) is 0.473. The largest absolute Gasteiger partial charge is 0.453 e. The molecule has 0 saturated heterocycles. The number of carbonyl (C=O) groups excluding carboxylic acids is 1. The second-order valence-electron chi connectivity index (χ2n) is 2.51. The molecule has 0 bridgehead atoms. The minimum absolute atomic E-state index is 0.421. The van der Waals surface area contributed by atoms with E-state index in [9.17, 15) is 4.79 Å². The van der Waals surface area contributed by atoms with Crippen LogP contribution in [0, 0.1) is 0 Å². The van der Waals surface area contributed by atoms with Gasteiger partial charge in [-0.05, 0) is 17.7 Å². The van der Waals surface area contributed by atoms with E-state index < -0.39 is 6.09 Å². The molecule has 1 N–H and O–H groups in total. The van der Waals surface area contributed by atoms with Gasteiger partial charge in [-0.15, -0.1) is 12.6 Å². The lowest BCUT2D eigenvalue weighted by atomic mass is 10.2. The van der Waals surface area contributed by atoms with E-state index in [1.807, 2.05) is 24.3 Å². The third-order valence-corrected chi connectivity index (χ3v) is 1.86. The summed E-state index contributed by atoms with van der Waals surface area (Å²) >= 11 is 4.15. The SMILES string of the molecule is COC(=O)NCc1ccc(S)cc1. The van der Waals surface area contributed by atoms with Crippen LogP contribution in [0.15, 0.2) is 29.2 Å². The molecule has 0 fully saturated rings. The molecule has 1 rings (SSSR count). The van der Waals surface area contributed by atoms with E-state index in [1.165, 1.54) is 7.11 Å². The van der Waals surface area contributed by atoms with Crippen molar-refractivity contribution in [3.63, 3.8) is 0 Å². The minimum atomic E-state index is -0.421. The average molecular weight is 197 g/mol. The van der Waals surface area contributed by atoms with Gasteiger partial charge >= 0.3 is 6.09 Å². The molecule has 0 unspecified atom stereocenters. The third kappa shape index (κ3) is 3.38. The highest BCUT2D eigenvalue weighted by atomic mass is 32.1. The molecule has 1 amide bonds. The number of ether oxygens (including phenoxy) is 1. The van der Waals surface area contributed by atoms with E-state index >= 15 is 0 Å². The van der Waals surface area contributed by atoms with E-state index in [0.717, 1.165) is 10.5 Å². The Balaban J connectivity index is 2.46. The highest BCUT2D eigenvalue weighted by Crippen LogP contribution is 2.07. The molecular weight excluding hydrogens is 186 g/mol. The van der Waals surface area contributed by atoms with Gasteiger partial charge in [0.15, 0.2) is 0 Å². The Bertz CT molecular complexity index is 284. The van der Waals surface area contributed by atoms with Crippen LogP contribution in [0.1, 0.15) is 5.56 Å². The predicted molar refractivity (Wildman–Crippen MR) is 52.9 cm³/mol. The standard InChI is InChI=1S/C9H11NO2S/c1-12-9(11)10-6-7-2-4-8(13)5-3-7/h2-5,13H,6H2,1H3,(H,10,11). The number of benzene rings is 1. The van der Waals surface area contributed by atoms with Gasteiger partial charge in [0.1, 0.15) is 0 Å². The summed E-state index contributed by atoms with van der Waals surface area (Å²) < 4.78 is 4.43. The molecule has 0 aliphatic heterocycles. The Morgan fingerprint density at radius 2 is 2.08 bits per heavy atom. The molecule has 0 aliphatic carbocycles. The molecule has 3 nitrogen and oxygen atoms in total. The van der Waals surface area contributed by atoms with E-state index in [2.05, 4.69) is 22.7 Å². The number of thiol groups is 1. The first-order chi connectivity index (χ1) is 6.22. The number of nitrogens with one attached hydrogen (secondary N) is 1. The Hall–Kier alpha value is -1.16. The molecule has 0 aliphatic rings. The van der Waals surface area contributed by atoms with E-state index in [-0.39, 0.29) is 0 Å². The van der Waals surface area contributed by atoms with Crippen LogP contribution in [0.3, 0.4) is 0 Å². The highest BCUT2D eigenvalue weighted by molar-refractivity contribution is 7.80. The van der Waals surface area contributed by atoms with Gasteiger partial charge in [-0.25, -0.2) is 4.79 Å². The predicted octanol–water partition coefficient (Wildman–Crippen LogP) is 1.83. The molecule has 13 heavy (non-hydrogen) atoms. The molecule has 1 aromatic carbocycles. The second-order valence-corrected chi connectivity index (χ2v) is 3.03. The molecule has 4 heteroatoms. The van der Waals surface area contributed by atoms with Crippen LogP contribution in [0.5, 0.6) is 0 Å². The zero-order valence-electron chi connectivity index (χ0n) is 7.28. The molecule has 70 valence electrons. The normalized spacial score (nSPS) is 9.38. The first kappa shape index (κ1) is 9.92. The number of alkyl carbamates (subject to hydrolysis) is 1. The smallest absolute Gasteiger partial charge is 0.407 e. The number of rotatable bonds is 2. The number of hydrogen-bond donors (Lipinski definition) is 2. The molecule has 0 spiro atoms. The first-order valence-corrected chi connectivity index (χ1v) is 4.27. The van der Waals surface area contributed by atoms with Crippen molar-refractivity contribution in [2.45, 2.75) is 11.4 Å². The van der Waals surface area contributed by atoms with Crippen molar-refractivity contribution in [3.8, 4) is 0 Å². The fourth-order valence-corrected chi connectivity index (χ4v) is 1.01. The van der Waals surface area contributed by atoms with Crippen LogP contribution >= 0.6 is 12.6 Å². The summed E-state index contributed by atoms with van der Waals surface area (Å²) in [7, 11) is 1.34. The van der Waals surface area contributed by atoms with Crippen molar-refractivity contribution < 1.29 is 9.53 Å². The summed E-state index contributed by atoms with van der Waals surface area (Å²) in [6.07, 6.45) is -0.421. The molecule has 1 aromatic rings. The molecular formula is C9H11NO2S.